The average molecular weight is 381 g/mol. The SMILES string of the molecule is CC(C)(C)OC1CC(OC2CCN(CC3CCN(C(C)(C)C)CC3)CC2)C1. The molecule has 0 aromatic heterocycles. The number of rotatable bonds is 5. The quantitative estimate of drug-likeness (QED) is 0.709. The highest BCUT2D eigenvalue weighted by molar-refractivity contribution is 4.86. The fourth-order valence-corrected chi connectivity index (χ4v) is 4.88. The van der Waals surface area contributed by atoms with Crippen molar-refractivity contribution >= 4 is 0 Å². The Balaban J connectivity index is 1.28. The van der Waals surface area contributed by atoms with Crippen LogP contribution in [-0.2, 0) is 9.47 Å². The number of nitrogens with zero attached hydrogens (tertiary/aromatic N) is 2. The van der Waals surface area contributed by atoms with Crippen LogP contribution in [-0.4, -0.2) is 72.0 Å². The van der Waals surface area contributed by atoms with Crippen LogP contribution in [0.25, 0.3) is 0 Å². The standard InChI is InChI=1S/C23H44N2O2/c1-22(2,3)25-13-7-18(8-14-25)17-24-11-9-19(10-12-24)26-20-15-21(16-20)27-23(4,5)6/h18-21H,7-17H2,1-6H3. The molecule has 3 rings (SSSR count). The predicted octanol–water partition coefficient (Wildman–Crippen LogP) is 4.32. The average Bonchev–Trinajstić information content (AvgIpc) is 2.53. The van der Waals surface area contributed by atoms with Crippen molar-refractivity contribution in [1.29, 1.82) is 0 Å². The molecule has 3 aliphatic rings. The first kappa shape index (κ1) is 21.5. The largest absolute Gasteiger partial charge is 0.375 e. The number of likely N-dealkylation sites (tertiary alicyclic amines) is 2. The van der Waals surface area contributed by atoms with Gasteiger partial charge in [-0.2, -0.15) is 0 Å². The molecule has 0 unspecified atom stereocenters. The maximum absolute atomic E-state index is 6.35. The van der Waals surface area contributed by atoms with Gasteiger partial charge in [0.15, 0.2) is 0 Å². The van der Waals surface area contributed by atoms with Crippen molar-refractivity contribution in [2.75, 3.05) is 32.7 Å². The Labute approximate surface area is 167 Å². The van der Waals surface area contributed by atoms with E-state index in [9.17, 15) is 0 Å². The molecule has 3 fully saturated rings. The molecule has 0 aromatic rings. The van der Waals surface area contributed by atoms with E-state index in [1.807, 2.05) is 0 Å². The van der Waals surface area contributed by atoms with E-state index in [4.69, 9.17) is 9.47 Å². The van der Waals surface area contributed by atoms with Crippen molar-refractivity contribution in [3.63, 3.8) is 0 Å². The van der Waals surface area contributed by atoms with E-state index in [1.165, 1.54) is 58.4 Å². The molecule has 0 radical (unpaired) electrons. The van der Waals surface area contributed by atoms with E-state index >= 15 is 0 Å². The molecule has 0 aromatic carbocycles. The van der Waals surface area contributed by atoms with Crippen LogP contribution < -0.4 is 0 Å². The van der Waals surface area contributed by atoms with Gasteiger partial charge in [-0.05, 0) is 99.1 Å². The molecule has 158 valence electrons. The van der Waals surface area contributed by atoms with E-state index in [0.29, 0.717) is 23.9 Å². The van der Waals surface area contributed by atoms with Gasteiger partial charge in [0.2, 0.25) is 0 Å². The zero-order valence-corrected chi connectivity index (χ0v) is 18.8. The van der Waals surface area contributed by atoms with Crippen molar-refractivity contribution in [2.45, 2.75) is 110 Å². The molecule has 0 spiro atoms. The second-order valence-corrected chi connectivity index (χ2v) is 11.2. The first-order chi connectivity index (χ1) is 12.6. The molecule has 2 heterocycles. The minimum Gasteiger partial charge on any atom is -0.375 e. The van der Waals surface area contributed by atoms with Crippen molar-refractivity contribution < 1.29 is 9.47 Å². The molecule has 4 nitrogen and oxygen atoms in total. The lowest BCUT2D eigenvalue weighted by Gasteiger charge is -2.43. The van der Waals surface area contributed by atoms with Crippen LogP contribution in [0.2, 0.25) is 0 Å². The Morgan fingerprint density at radius 1 is 0.741 bits per heavy atom. The van der Waals surface area contributed by atoms with Crippen LogP contribution in [0.1, 0.15) is 80.1 Å². The van der Waals surface area contributed by atoms with Crippen LogP contribution >= 0.6 is 0 Å². The van der Waals surface area contributed by atoms with Crippen LogP contribution in [0.4, 0.5) is 0 Å². The lowest BCUT2D eigenvalue weighted by Crippen LogP contribution is -2.49. The molecule has 1 saturated carbocycles. The highest BCUT2D eigenvalue weighted by atomic mass is 16.5. The van der Waals surface area contributed by atoms with Crippen LogP contribution in [0, 0.1) is 5.92 Å². The zero-order chi connectivity index (χ0) is 19.7. The first-order valence-corrected chi connectivity index (χ1v) is 11.4. The van der Waals surface area contributed by atoms with Crippen molar-refractivity contribution in [3.8, 4) is 0 Å². The molecule has 4 heteroatoms. The summed E-state index contributed by atoms with van der Waals surface area (Å²) in [6, 6.07) is 0. The van der Waals surface area contributed by atoms with Gasteiger partial charge in [0.05, 0.1) is 23.9 Å². The molecule has 2 aliphatic heterocycles. The topological polar surface area (TPSA) is 24.9 Å². The summed E-state index contributed by atoms with van der Waals surface area (Å²) in [5.74, 6) is 0.892. The molecule has 0 atom stereocenters. The lowest BCUT2D eigenvalue weighted by molar-refractivity contribution is -0.167. The van der Waals surface area contributed by atoms with Crippen LogP contribution in [0.3, 0.4) is 0 Å². The summed E-state index contributed by atoms with van der Waals surface area (Å²) in [5.41, 5.74) is 0.309. The fourth-order valence-electron chi connectivity index (χ4n) is 4.88. The summed E-state index contributed by atoms with van der Waals surface area (Å²) in [5, 5.41) is 0. The lowest BCUT2D eigenvalue weighted by atomic mass is 9.90. The van der Waals surface area contributed by atoms with E-state index in [-0.39, 0.29) is 5.60 Å². The molecular formula is C23H44N2O2. The maximum Gasteiger partial charge on any atom is 0.0631 e. The summed E-state index contributed by atoms with van der Waals surface area (Å²) >= 11 is 0. The monoisotopic (exact) mass is 380 g/mol. The molecular weight excluding hydrogens is 336 g/mol. The van der Waals surface area contributed by atoms with Crippen LogP contribution in [0.15, 0.2) is 0 Å². The first-order valence-electron chi connectivity index (χ1n) is 11.4. The van der Waals surface area contributed by atoms with Gasteiger partial charge in [0, 0.05) is 25.2 Å². The van der Waals surface area contributed by atoms with Gasteiger partial charge in [0.25, 0.3) is 0 Å². The van der Waals surface area contributed by atoms with Gasteiger partial charge in [-0.15, -0.1) is 0 Å². The summed E-state index contributed by atoms with van der Waals surface area (Å²) in [4.78, 5) is 5.35. The van der Waals surface area contributed by atoms with Gasteiger partial charge >= 0.3 is 0 Å². The van der Waals surface area contributed by atoms with Gasteiger partial charge in [-0.3, -0.25) is 4.90 Å². The molecule has 2 saturated heterocycles. The molecule has 0 amide bonds. The van der Waals surface area contributed by atoms with E-state index < -0.39 is 0 Å². The zero-order valence-electron chi connectivity index (χ0n) is 18.8. The third-order valence-corrected chi connectivity index (χ3v) is 6.57. The van der Waals surface area contributed by atoms with Gasteiger partial charge in [0.1, 0.15) is 0 Å². The van der Waals surface area contributed by atoms with Crippen molar-refractivity contribution in [2.24, 2.45) is 5.92 Å². The predicted molar refractivity (Wildman–Crippen MR) is 112 cm³/mol. The smallest absolute Gasteiger partial charge is 0.0631 e. The molecule has 0 N–H and O–H groups in total. The number of hydrogen-bond donors (Lipinski definition) is 0. The third kappa shape index (κ3) is 6.69. The van der Waals surface area contributed by atoms with Crippen molar-refractivity contribution in [1.82, 2.24) is 9.80 Å². The molecule has 0 bridgehead atoms. The minimum atomic E-state index is -0.0238. The van der Waals surface area contributed by atoms with Gasteiger partial charge in [-0.1, -0.05) is 0 Å². The van der Waals surface area contributed by atoms with Crippen LogP contribution in [0.5, 0.6) is 0 Å². The number of ether oxygens (including phenoxy) is 2. The maximum atomic E-state index is 6.35. The highest BCUT2D eigenvalue weighted by Crippen LogP contribution is 2.32. The van der Waals surface area contributed by atoms with Gasteiger partial charge in [-0.25, -0.2) is 0 Å². The Hall–Kier alpha value is -0.160. The van der Waals surface area contributed by atoms with E-state index in [2.05, 4.69) is 51.3 Å². The Kier molecular flexibility index (Phi) is 6.93. The number of piperidine rings is 2. The minimum absolute atomic E-state index is 0.0238. The second-order valence-electron chi connectivity index (χ2n) is 11.2. The fraction of sp³-hybridized carbons (Fsp3) is 1.00. The summed E-state index contributed by atoms with van der Waals surface area (Å²) in [7, 11) is 0. The normalized spacial score (nSPS) is 30.4. The van der Waals surface area contributed by atoms with Crippen molar-refractivity contribution in [3.05, 3.63) is 0 Å². The Morgan fingerprint density at radius 2 is 1.33 bits per heavy atom. The Morgan fingerprint density at radius 3 is 1.85 bits per heavy atom. The second kappa shape index (κ2) is 8.69. The summed E-state index contributed by atoms with van der Waals surface area (Å²) in [6.45, 7) is 19.7. The molecule has 1 aliphatic carbocycles. The number of hydrogen-bond acceptors (Lipinski definition) is 4. The highest BCUT2D eigenvalue weighted by Gasteiger charge is 2.36. The molecule has 27 heavy (non-hydrogen) atoms. The summed E-state index contributed by atoms with van der Waals surface area (Å²) < 4.78 is 12.4. The summed E-state index contributed by atoms with van der Waals surface area (Å²) in [6.07, 6.45) is 8.66. The van der Waals surface area contributed by atoms with Gasteiger partial charge < -0.3 is 14.4 Å². The van der Waals surface area contributed by atoms with E-state index in [1.54, 1.807) is 0 Å². The van der Waals surface area contributed by atoms with E-state index in [0.717, 1.165) is 18.8 Å². The Bertz CT molecular complexity index is 446. The third-order valence-electron chi connectivity index (χ3n) is 6.57.